The molecular weight excluding hydrogens is 414 g/mol. The third kappa shape index (κ3) is 5.04. The van der Waals surface area contributed by atoms with Crippen LogP contribution in [0.3, 0.4) is 0 Å². The van der Waals surface area contributed by atoms with E-state index in [1.54, 1.807) is 43.5 Å². The summed E-state index contributed by atoms with van der Waals surface area (Å²) in [5, 5.41) is 7.67. The topological polar surface area (TPSA) is 79.9 Å². The number of benzene rings is 2. The van der Waals surface area contributed by atoms with E-state index < -0.39 is 0 Å². The van der Waals surface area contributed by atoms with Crippen LogP contribution in [0.5, 0.6) is 5.75 Å². The maximum Gasteiger partial charge on any atom is 0.265 e. The molecule has 8 heteroatoms. The largest absolute Gasteiger partial charge is 0.497 e. The summed E-state index contributed by atoms with van der Waals surface area (Å²) in [6.45, 7) is 2.61. The third-order valence-corrected chi connectivity index (χ3v) is 5.81. The second kappa shape index (κ2) is 9.63. The van der Waals surface area contributed by atoms with Crippen molar-refractivity contribution in [3.8, 4) is 5.75 Å². The maximum absolute atomic E-state index is 13.2. The van der Waals surface area contributed by atoms with Gasteiger partial charge in [0.1, 0.15) is 5.75 Å². The van der Waals surface area contributed by atoms with Crippen LogP contribution in [0.25, 0.3) is 0 Å². The van der Waals surface area contributed by atoms with Crippen molar-refractivity contribution < 1.29 is 19.1 Å². The highest BCUT2D eigenvalue weighted by Crippen LogP contribution is 2.27. The highest BCUT2D eigenvalue weighted by atomic mass is 32.1. The van der Waals surface area contributed by atoms with E-state index in [0.717, 1.165) is 5.69 Å². The molecule has 7 nitrogen and oxygen atoms in total. The number of methoxy groups -OCH3 is 1. The summed E-state index contributed by atoms with van der Waals surface area (Å²) >= 11 is 1.37. The van der Waals surface area contributed by atoms with E-state index in [1.165, 1.54) is 11.3 Å². The van der Waals surface area contributed by atoms with Gasteiger partial charge in [-0.15, -0.1) is 11.3 Å². The van der Waals surface area contributed by atoms with Crippen LogP contribution in [0.4, 0.5) is 17.1 Å². The molecule has 1 aliphatic heterocycles. The number of hydrogen-bond donors (Lipinski definition) is 2. The van der Waals surface area contributed by atoms with Gasteiger partial charge in [0.05, 0.1) is 30.8 Å². The molecule has 1 fully saturated rings. The Balaban J connectivity index is 1.60. The third-order valence-electron chi connectivity index (χ3n) is 4.94. The van der Waals surface area contributed by atoms with Gasteiger partial charge >= 0.3 is 0 Å². The summed E-state index contributed by atoms with van der Waals surface area (Å²) in [5.74, 6) is 0.264. The molecule has 0 spiro atoms. The molecule has 1 aromatic heterocycles. The summed E-state index contributed by atoms with van der Waals surface area (Å²) in [6.07, 6.45) is 0. The molecule has 3 aromatic rings. The molecule has 160 valence electrons. The zero-order valence-electron chi connectivity index (χ0n) is 17.1. The number of anilines is 3. The molecule has 0 unspecified atom stereocenters. The number of carbonyl (C=O) groups excluding carboxylic acids is 2. The van der Waals surface area contributed by atoms with E-state index in [4.69, 9.17) is 9.47 Å². The summed E-state index contributed by atoms with van der Waals surface area (Å²) in [7, 11) is 1.60. The lowest BCUT2D eigenvalue weighted by Gasteiger charge is -2.30. The molecule has 31 heavy (non-hydrogen) atoms. The molecule has 2 aromatic carbocycles. The number of rotatable bonds is 6. The van der Waals surface area contributed by atoms with Crippen LogP contribution in [0.1, 0.15) is 20.0 Å². The van der Waals surface area contributed by atoms with Crippen LogP contribution in [0.15, 0.2) is 60.0 Å². The SMILES string of the molecule is COc1ccc(NC(=O)c2cc(NC(=O)c3cccs3)ccc2N2CCOCC2)cc1. The van der Waals surface area contributed by atoms with Crippen molar-refractivity contribution in [3.63, 3.8) is 0 Å². The molecule has 1 saturated heterocycles. The maximum atomic E-state index is 13.2. The molecule has 2 N–H and O–H groups in total. The van der Waals surface area contributed by atoms with Crippen molar-refractivity contribution in [1.29, 1.82) is 0 Å². The first-order valence-electron chi connectivity index (χ1n) is 9.91. The van der Waals surface area contributed by atoms with E-state index in [2.05, 4.69) is 15.5 Å². The molecule has 2 heterocycles. The van der Waals surface area contributed by atoms with E-state index >= 15 is 0 Å². The van der Waals surface area contributed by atoms with E-state index in [-0.39, 0.29) is 11.8 Å². The van der Waals surface area contributed by atoms with Gasteiger partial charge in [-0.2, -0.15) is 0 Å². The van der Waals surface area contributed by atoms with Gasteiger partial charge in [-0.25, -0.2) is 0 Å². The molecule has 0 aliphatic carbocycles. The smallest absolute Gasteiger partial charge is 0.265 e. The lowest BCUT2D eigenvalue weighted by Crippen LogP contribution is -2.37. The number of morpholine rings is 1. The monoisotopic (exact) mass is 437 g/mol. The van der Waals surface area contributed by atoms with Crippen molar-refractivity contribution in [2.75, 3.05) is 48.9 Å². The predicted octanol–water partition coefficient (Wildman–Crippen LogP) is 4.10. The van der Waals surface area contributed by atoms with Crippen LogP contribution in [0, 0.1) is 0 Å². The average molecular weight is 438 g/mol. The standard InChI is InChI=1S/C23H23N3O4S/c1-29-18-7-4-16(5-8-18)24-22(27)19-15-17(25-23(28)21-3-2-14-31-21)6-9-20(19)26-10-12-30-13-11-26/h2-9,14-15H,10-13H2,1H3,(H,24,27)(H,25,28). The van der Waals surface area contributed by atoms with Gasteiger partial charge in [0.2, 0.25) is 0 Å². The lowest BCUT2D eigenvalue weighted by atomic mass is 10.1. The van der Waals surface area contributed by atoms with Crippen LogP contribution in [0.2, 0.25) is 0 Å². The highest BCUT2D eigenvalue weighted by Gasteiger charge is 2.20. The molecule has 2 amide bonds. The van der Waals surface area contributed by atoms with E-state index in [0.29, 0.717) is 53.9 Å². The van der Waals surface area contributed by atoms with Gasteiger partial charge in [0.25, 0.3) is 11.8 Å². The van der Waals surface area contributed by atoms with Gasteiger partial charge in [-0.05, 0) is 53.9 Å². The minimum Gasteiger partial charge on any atom is -0.497 e. The lowest BCUT2D eigenvalue weighted by molar-refractivity contribution is 0.101. The number of nitrogens with zero attached hydrogens (tertiary/aromatic N) is 1. The second-order valence-electron chi connectivity index (χ2n) is 6.95. The Hall–Kier alpha value is -3.36. The van der Waals surface area contributed by atoms with Crippen molar-refractivity contribution >= 4 is 40.2 Å². The Morgan fingerprint density at radius 1 is 0.968 bits per heavy atom. The number of amides is 2. The van der Waals surface area contributed by atoms with Crippen molar-refractivity contribution in [2.24, 2.45) is 0 Å². The Kier molecular flexibility index (Phi) is 6.49. The molecule has 0 radical (unpaired) electrons. The van der Waals surface area contributed by atoms with Gasteiger partial charge in [-0.3, -0.25) is 9.59 Å². The summed E-state index contributed by atoms with van der Waals surface area (Å²) in [4.78, 5) is 28.4. The molecule has 0 atom stereocenters. The van der Waals surface area contributed by atoms with Gasteiger partial charge in [0.15, 0.2) is 0 Å². The van der Waals surface area contributed by atoms with Crippen molar-refractivity contribution in [1.82, 2.24) is 0 Å². The number of ether oxygens (including phenoxy) is 2. The number of thiophene rings is 1. The van der Waals surface area contributed by atoms with E-state index in [9.17, 15) is 9.59 Å². The fraction of sp³-hybridized carbons (Fsp3) is 0.217. The van der Waals surface area contributed by atoms with Gasteiger partial charge in [0, 0.05) is 30.2 Å². The second-order valence-corrected chi connectivity index (χ2v) is 7.89. The van der Waals surface area contributed by atoms with Gasteiger partial charge < -0.3 is 25.0 Å². The minimum atomic E-state index is -0.251. The predicted molar refractivity (Wildman–Crippen MR) is 123 cm³/mol. The van der Waals surface area contributed by atoms with Crippen molar-refractivity contribution in [3.05, 3.63) is 70.4 Å². The summed E-state index contributed by atoms with van der Waals surface area (Å²) < 4.78 is 10.6. The zero-order valence-corrected chi connectivity index (χ0v) is 17.9. The highest BCUT2D eigenvalue weighted by molar-refractivity contribution is 7.12. The quantitative estimate of drug-likeness (QED) is 0.607. The van der Waals surface area contributed by atoms with Crippen LogP contribution >= 0.6 is 11.3 Å². The number of carbonyl (C=O) groups is 2. The molecular formula is C23H23N3O4S. The Morgan fingerprint density at radius 3 is 2.35 bits per heavy atom. The zero-order chi connectivity index (χ0) is 21.6. The van der Waals surface area contributed by atoms with E-state index in [1.807, 2.05) is 23.6 Å². The first-order valence-corrected chi connectivity index (χ1v) is 10.8. The fourth-order valence-electron chi connectivity index (χ4n) is 3.35. The Morgan fingerprint density at radius 2 is 1.68 bits per heavy atom. The van der Waals surface area contributed by atoms with Crippen LogP contribution < -0.4 is 20.3 Å². The van der Waals surface area contributed by atoms with Gasteiger partial charge in [-0.1, -0.05) is 6.07 Å². The van der Waals surface area contributed by atoms with Crippen LogP contribution in [-0.2, 0) is 4.74 Å². The number of nitrogens with one attached hydrogen (secondary N) is 2. The number of hydrogen-bond acceptors (Lipinski definition) is 6. The molecule has 4 rings (SSSR count). The van der Waals surface area contributed by atoms with Crippen molar-refractivity contribution in [2.45, 2.75) is 0 Å². The first-order chi connectivity index (χ1) is 15.1. The molecule has 1 aliphatic rings. The molecule has 0 saturated carbocycles. The fourth-order valence-corrected chi connectivity index (χ4v) is 3.97. The summed E-state index contributed by atoms with van der Waals surface area (Å²) in [5.41, 5.74) is 2.52. The first kappa shape index (κ1) is 20.9. The Labute approximate surface area is 184 Å². The average Bonchev–Trinajstić information content (AvgIpc) is 3.35. The van der Waals surface area contributed by atoms with Crippen LogP contribution in [-0.4, -0.2) is 45.2 Å². The minimum absolute atomic E-state index is 0.198. The Bertz CT molecular complexity index is 1050. The summed E-state index contributed by atoms with van der Waals surface area (Å²) in [6, 6.07) is 16.1. The normalized spacial score (nSPS) is 13.5. The molecule has 0 bridgehead atoms.